The molecule has 0 unspecified atom stereocenters. The van der Waals surface area contributed by atoms with Crippen molar-refractivity contribution in [2.45, 2.75) is 24.4 Å². The lowest BCUT2D eigenvalue weighted by molar-refractivity contribution is -0.00781. The molecule has 8 nitrogen and oxygen atoms in total. The number of sulfonamides is 1. The molecule has 0 spiro atoms. The van der Waals surface area contributed by atoms with Gasteiger partial charge in [0.05, 0.1) is 18.8 Å². The van der Waals surface area contributed by atoms with Crippen LogP contribution in [0, 0.1) is 0 Å². The van der Waals surface area contributed by atoms with Gasteiger partial charge in [-0.3, -0.25) is 4.40 Å². The summed E-state index contributed by atoms with van der Waals surface area (Å²) in [5, 5.41) is 1.85. The molecule has 1 fully saturated rings. The number of nitrogen functional groups attached to an aromatic ring is 1. The molecule has 0 saturated carbocycles. The third-order valence-electron chi connectivity index (χ3n) is 3.46. The van der Waals surface area contributed by atoms with Crippen molar-refractivity contribution in [3.8, 4) is 0 Å². The number of aromatic nitrogens is 2. The quantitative estimate of drug-likeness (QED) is 0.626. The van der Waals surface area contributed by atoms with E-state index in [-0.39, 0.29) is 10.8 Å². The van der Waals surface area contributed by atoms with E-state index in [4.69, 9.17) is 10.6 Å². The Bertz CT molecular complexity index is 764. The molecule has 3 rings (SSSR count). The van der Waals surface area contributed by atoms with E-state index in [0.29, 0.717) is 24.7 Å². The van der Waals surface area contributed by atoms with Crippen molar-refractivity contribution in [1.29, 1.82) is 0 Å². The molecule has 0 atom stereocenters. The molecular weight excluding hydrogens is 314 g/mol. The smallest absolute Gasteiger partial charge is 0.263 e. The van der Waals surface area contributed by atoms with Gasteiger partial charge in [-0.05, 0) is 13.8 Å². The molecule has 1 aliphatic heterocycles. The number of hydrogen-bond donors (Lipinski definition) is 2. The fraction of sp³-hybridized carbons (Fsp3) is 0.545. The van der Waals surface area contributed by atoms with Crippen LogP contribution in [-0.2, 0) is 14.8 Å². The Kier molecular flexibility index (Phi) is 3.45. The molecular formula is C11H17N5O3S2. The number of hydrogen-bond acceptors (Lipinski definition) is 7. The molecule has 2 aromatic rings. The van der Waals surface area contributed by atoms with Crippen LogP contribution in [0.25, 0.3) is 4.96 Å². The summed E-state index contributed by atoms with van der Waals surface area (Å²) in [4.78, 5) is 4.78. The first-order chi connectivity index (χ1) is 9.88. The molecule has 0 bridgehead atoms. The van der Waals surface area contributed by atoms with E-state index in [2.05, 4.69) is 10.4 Å². The van der Waals surface area contributed by atoms with Crippen molar-refractivity contribution >= 4 is 32.1 Å². The number of rotatable bonds is 3. The largest absolute Gasteiger partial charge is 0.378 e. The standard InChI is InChI=1S/C11H17N5O3S2/c1-11(2)7-19-5-3-16(11)21(17,18)9-8(14-12)13-10-15(9)4-6-20-10/h4,6,14H,3,5,7,12H2,1-2H3. The zero-order chi connectivity index (χ0) is 15.3. The number of hydrazine groups is 1. The van der Waals surface area contributed by atoms with E-state index in [1.165, 1.54) is 15.6 Å². The van der Waals surface area contributed by atoms with Crippen LogP contribution < -0.4 is 11.3 Å². The number of imidazole rings is 1. The van der Waals surface area contributed by atoms with Crippen LogP contribution in [-0.4, -0.2) is 47.4 Å². The number of ether oxygens (including phenoxy) is 1. The van der Waals surface area contributed by atoms with E-state index in [0.717, 1.165) is 0 Å². The summed E-state index contributed by atoms with van der Waals surface area (Å²) in [5.41, 5.74) is 1.76. The van der Waals surface area contributed by atoms with Gasteiger partial charge in [-0.25, -0.2) is 14.3 Å². The number of nitrogens with two attached hydrogens (primary N) is 1. The van der Waals surface area contributed by atoms with Gasteiger partial charge < -0.3 is 10.2 Å². The number of morpholine rings is 1. The van der Waals surface area contributed by atoms with Gasteiger partial charge in [-0.1, -0.05) is 0 Å². The molecule has 0 radical (unpaired) electrons. The molecule has 3 N–H and O–H groups in total. The minimum absolute atomic E-state index is 0.0659. The lowest BCUT2D eigenvalue weighted by atomic mass is 10.1. The first-order valence-electron chi connectivity index (χ1n) is 6.41. The highest BCUT2D eigenvalue weighted by atomic mass is 32.2. The van der Waals surface area contributed by atoms with Gasteiger partial charge >= 0.3 is 0 Å². The van der Waals surface area contributed by atoms with Crippen LogP contribution in [0.2, 0.25) is 0 Å². The first-order valence-corrected chi connectivity index (χ1v) is 8.72. The molecule has 1 aliphatic rings. The second-order valence-corrected chi connectivity index (χ2v) is 8.06. The Hall–Kier alpha value is -1.20. The van der Waals surface area contributed by atoms with Gasteiger partial charge in [0.1, 0.15) is 0 Å². The molecule has 0 amide bonds. The Morgan fingerprint density at radius 3 is 2.95 bits per heavy atom. The van der Waals surface area contributed by atoms with E-state index in [1.54, 1.807) is 16.0 Å². The summed E-state index contributed by atoms with van der Waals surface area (Å²) in [6.45, 7) is 4.70. The molecule has 1 saturated heterocycles. The first kappa shape index (κ1) is 14.7. The van der Waals surface area contributed by atoms with Gasteiger partial charge in [0.2, 0.25) is 5.03 Å². The van der Waals surface area contributed by atoms with Crippen LogP contribution in [0.15, 0.2) is 16.6 Å². The molecule has 0 aromatic carbocycles. The Morgan fingerprint density at radius 1 is 1.52 bits per heavy atom. The highest BCUT2D eigenvalue weighted by Crippen LogP contribution is 2.32. The summed E-state index contributed by atoms with van der Waals surface area (Å²) in [6, 6.07) is 0. The van der Waals surface area contributed by atoms with Crippen LogP contribution in [0.3, 0.4) is 0 Å². The lowest BCUT2D eigenvalue weighted by Gasteiger charge is -2.40. The second kappa shape index (κ2) is 4.92. The second-order valence-electron chi connectivity index (χ2n) is 5.41. The van der Waals surface area contributed by atoms with Gasteiger partial charge in [0, 0.05) is 18.1 Å². The highest BCUT2D eigenvalue weighted by Gasteiger charge is 2.42. The summed E-state index contributed by atoms with van der Waals surface area (Å²) in [7, 11) is -3.75. The number of anilines is 1. The molecule has 0 aliphatic carbocycles. The van der Waals surface area contributed by atoms with E-state index < -0.39 is 15.6 Å². The molecule has 3 heterocycles. The average Bonchev–Trinajstić information content (AvgIpc) is 2.96. The van der Waals surface area contributed by atoms with Crippen LogP contribution in [0.4, 0.5) is 5.82 Å². The van der Waals surface area contributed by atoms with Crippen molar-refractivity contribution < 1.29 is 13.2 Å². The maximum Gasteiger partial charge on any atom is 0.263 e. The lowest BCUT2D eigenvalue weighted by Crippen LogP contribution is -2.55. The molecule has 10 heteroatoms. The Morgan fingerprint density at radius 2 is 2.29 bits per heavy atom. The molecule has 2 aromatic heterocycles. The van der Waals surface area contributed by atoms with Gasteiger partial charge in [-0.2, -0.15) is 9.29 Å². The fourth-order valence-corrected chi connectivity index (χ4v) is 5.24. The minimum atomic E-state index is -3.75. The Balaban J connectivity index is 2.18. The number of nitrogens with zero attached hydrogens (tertiary/aromatic N) is 3. The highest BCUT2D eigenvalue weighted by molar-refractivity contribution is 7.89. The zero-order valence-electron chi connectivity index (χ0n) is 11.7. The third kappa shape index (κ3) is 2.23. The normalized spacial score (nSPS) is 20.0. The topological polar surface area (TPSA) is 102 Å². The van der Waals surface area contributed by atoms with E-state index in [1.807, 2.05) is 13.8 Å². The van der Waals surface area contributed by atoms with Crippen LogP contribution >= 0.6 is 11.3 Å². The number of nitrogens with one attached hydrogen (secondary N) is 1. The summed E-state index contributed by atoms with van der Waals surface area (Å²) in [5.74, 6) is 5.60. The van der Waals surface area contributed by atoms with E-state index >= 15 is 0 Å². The van der Waals surface area contributed by atoms with Crippen molar-refractivity contribution in [2.75, 3.05) is 25.2 Å². The third-order valence-corrected chi connectivity index (χ3v) is 6.35. The zero-order valence-corrected chi connectivity index (χ0v) is 13.4. The van der Waals surface area contributed by atoms with Gasteiger partial charge in [-0.15, -0.1) is 11.3 Å². The maximum atomic E-state index is 13.1. The minimum Gasteiger partial charge on any atom is -0.378 e. The summed E-state index contributed by atoms with van der Waals surface area (Å²) in [6.07, 6.45) is 1.67. The van der Waals surface area contributed by atoms with Crippen molar-refractivity contribution in [1.82, 2.24) is 13.7 Å². The SMILES string of the molecule is CC1(C)COCCN1S(=O)(=O)c1c(NN)nc2sccn12. The molecule has 21 heavy (non-hydrogen) atoms. The van der Waals surface area contributed by atoms with Crippen molar-refractivity contribution in [2.24, 2.45) is 5.84 Å². The Labute approximate surface area is 126 Å². The summed E-state index contributed by atoms with van der Waals surface area (Å²) >= 11 is 1.35. The summed E-state index contributed by atoms with van der Waals surface area (Å²) < 4.78 is 34.5. The predicted octanol–water partition coefficient (Wildman–Crippen LogP) is 0.481. The molecule has 116 valence electrons. The fourth-order valence-electron chi connectivity index (χ4n) is 2.50. The van der Waals surface area contributed by atoms with Crippen LogP contribution in [0.5, 0.6) is 0 Å². The average molecular weight is 331 g/mol. The van der Waals surface area contributed by atoms with E-state index in [9.17, 15) is 8.42 Å². The number of fused-ring (bicyclic) bond motifs is 1. The number of thiazole rings is 1. The predicted molar refractivity (Wildman–Crippen MR) is 79.7 cm³/mol. The monoisotopic (exact) mass is 331 g/mol. The van der Waals surface area contributed by atoms with Gasteiger partial charge in [0.25, 0.3) is 10.0 Å². The van der Waals surface area contributed by atoms with Gasteiger partial charge in [0.15, 0.2) is 10.8 Å². The van der Waals surface area contributed by atoms with Crippen molar-refractivity contribution in [3.63, 3.8) is 0 Å². The van der Waals surface area contributed by atoms with Crippen LogP contribution in [0.1, 0.15) is 13.8 Å². The van der Waals surface area contributed by atoms with Crippen molar-refractivity contribution in [3.05, 3.63) is 11.6 Å². The maximum absolute atomic E-state index is 13.1.